The Balaban J connectivity index is 1.74. The minimum absolute atomic E-state index is 0.244. The van der Waals surface area contributed by atoms with Gasteiger partial charge in [-0.15, -0.1) is 0 Å². The lowest BCUT2D eigenvalue weighted by Crippen LogP contribution is -2.19. The van der Waals surface area contributed by atoms with Crippen molar-refractivity contribution in [1.82, 2.24) is 0 Å². The molecule has 1 aliphatic heterocycles. The highest BCUT2D eigenvalue weighted by Crippen LogP contribution is 2.39. The number of benzene rings is 3. The quantitative estimate of drug-likeness (QED) is 0.496. The molecule has 0 bridgehead atoms. The second kappa shape index (κ2) is 8.34. The molecule has 0 amide bonds. The lowest BCUT2D eigenvalue weighted by molar-refractivity contribution is -0.137. The van der Waals surface area contributed by atoms with E-state index < -0.39 is 11.7 Å². The van der Waals surface area contributed by atoms with Gasteiger partial charge in [0.25, 0.3) is 0 Å². The molecule has 1 aliphatic rings. The van der Waals surface area contributed by atoms with Gasteiger partial charge in [-0.2, -0.15) is 18.3 Å². The maximum absolute atomic E-state index is 13.3. The van der Waals surface area contributed by atoms with Gasteiger partial charge in [-0.05, 0) is 65.7 Å². The van der Waals surface area contributed by atoms with Gasteiger partial charge in [-0.3, -0.25) is 5.01 Å². The van der Waals surface area contributed by atoms with E-state index in [-0.39, 0.29) is 6.04 Å². The van der Waals surface area contributed by atoms with Crippen molar-refractivity contribution < 1.29 is 22.6 Å². The molecule has 160 valence electrons. The van der Waals surface area contributed by atoms with Gasteiger partial charge in [0.15, 0.2) is 0 Å². The van der Waals surface area contributed by atoms with E-state index in [1.165, 1.54) is 6.07 Å². The molecule has 0 aliphatic carbocycles. The van der Waals surface area contributed by atoms with Crippen molar-refractivity contribution in [2.45, 2.75) is 18.6 Å². The number of methoxy groups -OCH3 is 2. The van der Waals surface area contributed by atoms with Crippen LogP contribution in [0.1, 0.15) is 29.2 Å². The molecule has 0 aromatic heterocycles. The molecule has 0 unspecified atom stereocenters. The summed E-state index contributed by atoms with van der Waals surface area (Å²) in [4.78, 5) is 0. The Kier molecular flexibility index (Phi) is 5.59. The Labute approximate surface area is 178 Å². The molecule has 3 aromatic rings. The van der Waals surface area contributed by atoms with Crippen molar-refractivity contribution >= 4 is 11.4 Å². The van der Waals surface area contributed by atoms with Gasteiger partial charge >= 0.3 is 6.18 Å². The SMILES string of the molecule is COc1ccc(C2=NN(c3cccc(C(F)(F)F)c3)[C@H](c3ccc(OC)cc3)C2)cc1. The van der Waals surface area contributed by atoms with Crippen LogP contribution < -0.4 is 14.5 Å². The molecule has 0 saturated carbocycles. The molecule has 7 heteroatoms. The third-order valence-corrected chi connectivity index (χ3v) is 5.27. The fraction of sp³-hybridized carbons (Fsp3) is 0.208. The zero-order valence-corrected chi connectivity index (χ0v) is 17.1. The Bertz CT molecular complexity index is 1080. The normalized spacial score (nSPS) is 16.2. The summed E-state index contributed by atoms with van der Waals surface area (Å²) in [5, 5.41) is 6.38. The maximum atomic E-state index is 13.3. The Morgan fingerprint density at radius 3 is 2.06 bits per heavy atom. The summed E-state index contributed by atoms with van der Waals surface area (Å²) >= 11 is 0. The lowest BCUT2D eigenvalue weighted by atomic mass is 9.98. The Morgan fingerprint density at radius 2 is 1.48 bits per heavy atom. The number of halogens is 3. The first kappa shape index (κ1) is 20.8. The summed E-state index contributed by atoms with van der Waals surface area (Å²) in [7, 11) is 3.18. The van der Waals surface area contributed by atoms with E-state index in [1.54, 1.807) is 25.3 Å². The zero-order valence-electron chi connectivity index (χ0n) is 17.1. The van der Waals surface area contributed by atoms with Crippen LogP contribution in [-0.4, -0.2) is 19.9 Å². The van der Waals surface area contributed by atoms with Crippen molar-refractivity contribution in [2.75, 3.05) is 19.2 Å². The molecule has 0 fully saturated rings. The van der Waals surface area contributed by atoms with Crippen molar-refractivity contribution in [3.05, 3.63) is 89.5 Å². The second-order valence-corrected chi connectivity index (χ2v) is 7.16. The fourth-order valence-corrected chi connectivity index (χ4v) is 3.62. The first-order valence-corrected chi connectivity index (χ1v) is 9.71. The topological polar surface area (TPSA) is 34.1 Å². The minimum Gasteiger partial charge on any atom is -0.497 e. The summed E-state index contributed by atoms with van der Waals surface area (Å²) < 4.78 is 50.3. The number of hydrogen-bond donors (Lipinski definition) is 0. The summed E-state index contributed by atoms with van der Waals surface area (Å²) in [6, 6.07) is 20.0. The second-order valence-electron chi connectivity index (χ2n) is 7.16. The molecule has 4 rings (SSSR count). The Morgan fingerprint density at radius 1 is 0.871 bits per heavy atom. The summed E-state index contributed by atoms with van der Waals surface area (Å²) in [6.07, 6.45) is -3.87. The molecule has 4 nitrogen and oxygen atoms in total. The van der Waals surface area contributed by atoms with Crippen molar-refractivity contribution in [3.8, 4) is 11.5 Å². The monoisotopic (exact) mass is 426 g/mol. The van der Waals surface area contributed by atoms with E-state index in [9.17, 15) is 13.2 Å². The van der Waals surface area contributed by atoms with Crippen molar-refractivity contribution in [2.24, 2.45) is 5.10 Å². The first-order valence-electron chi connectivity index (χ1n) is 9.71. The standard InChI is InChI=1S/C24H21F3N2O2/c1-30-20-10-6-16(7-11-20)22-15-23(17-8-12-21(31-2)13-9-17)29(28-22)19-5-3-4-18(14-19)24(25,26)27/h3-14,23H,15H2,1-2H3/t23-/m0/s1. The molecule has 0 saturated heterocycles. The van der Waals surface area contributed by atoms with Gasteiger partial charge in [-0.25, -0.2) is 0 Å². The molecule has 31 heavy (non-hydrogen) atoms. The molecule has 0 radical (unpaired) electrons. The van der Waals surface area contributed by atoms with Gasteiger partial charge < -0.3 is 9.47 Å². The van der Waals surface area contributed by atoms with Gasteiger partial charge in [0.05, 0.1) is 37.2 Å². The van der Waals surface area contributed by atoms with Crippen LogP contribution >= 0.6 is 0 Å². The van der Waals surface area contributed by atoms with E-state index in [2.05, 4.69) is 0 Å². The van der Waals surface area contributed by atoms with Crippen LogP contribution in [0.3, 0.4) is 0 Å². The highest BCUT2D eigenvalue weighted by Gasteiger charge is 2.34. The Hall–Kier alpha value is -3.48. The van der Waals surface area contributed by atoms with Gasteiger partial charge in [0.2, 0.25) is 0 Å². The first-order chi connectivity index (χ1) is 14.9. The highest BCUT2D eigenvalue weighted by molar-refractivity contribution is 6.03. The largest absolute Gasteiger partial charge is 0.497 e. The lowest BCUT2D eigenvalue weighted by Gasteiger charge is -2.25. The fourth-order valence-electron chi connectivity index (χ4n) is 3.62. The van der Waals surface area contributed by atoms with Gasteiger partial charge in [0, 0.05) is 6.42 Å². The zero-order chi connectivity index (χ0) is 22.0. The van der Waals surface area contributed by atoms with Crippen molar-refractivity contribution in [1.29, 1.82) is 0 Å². The number of hydrogen-bond acceptors (Lipinski definition) is 4. The summed E-state index contributed by atoms with van der Waals surface area (Å²) in [6.45, 7) is 0. The molecule has 3 aromatic carbocycles. The maximum Gasteiger partial charge on any atom is 0.416 e. The van der Waals surface area contributed by atoms with Crippen molar-refractivity contribution in [3.63, 3.8) is 0 Å². The van der Waals surface area contributed by atoms with Crippen LogP contribution in [0, 0.1) is 0 Å². The number of ether oxygens (including phenoxy) is 2. The van der Waals surface area contributed by atoms with Crippen LogP contribution in [0.25, 0.3) is 0 Å². The van der Waals surface area contributed by atoms with Crippen LogP contribution in [0.2, 0.25) is 0 Å². The van der Waals surface area contributed by atoms with Gasteiger partial charge in [-0.1, -0.05) is 18.2 Å². The van der Waals surface area contributed by atoms with E-state index in [1.807, 2.05) is 48.5 Å². The third kappa shape index (κ3) is 4.35. The summed E-state index contributed by atoms with van der Waals surface area (Å²) in [5.74, 6) is 1.44. The van der Waals surface area contributed by atoms with E-state index in [0.29, 0.717) is 17.9 Å². The van der Waals surface area contributed by atoms with Crippen LogP contribution in [0.15, 0.2) is 77.9 Å². The predicted octanol–water partition coefficient (Wildman–Crippen LogP) is 6.08. The average Bonchev–Trinajstić information content (AvgIpc) is 3.24. The molecular formula is C24H21F3N2O2. The van der Waals surface area contributed by atoms with E-state index >= 15 is 0 Å². The molecular weight excluding hydrogens is 405 g/mol. The van der Waals surface area contributed by atoms with E-state index in [4.69, 9.17) is 14.6 Å². The molecule has 1 atom stereocenters. The average molecular weight is 426 g/mol. The number of nitrogens with zero attached hydrogens (tertiary/aromatic N) is 2. The number of alkyl halides is 3. The van der Waals surface area contributed by atoms with Gasteiger partial charge in [0.1, 0.15) is 11.5 Å². The summed E-state index contributed by atoms with van der Waals surface area (Å²) in [5.41, 5.74) is 2.31. The number of anilines is 1. The van der Waals surface area contributed by atoms with Crippen LogP contribution in [-0.2, 0) is 6.18 Å². The molecule has 1 heterocycles. The molecule has 0 N–H and O–H groups in total. The van der Waals surface area contributed by atoms with Crippen LogP contribution in [0.4, 0.5) is 18.9 Å². The smallest absolute Gasteiger partial charge is 0.416 e. The molecule has 0 spiro atoms. The highest BCUT2D eigenvalue weighted by atomic mass is 19.4. The van der Waals surface area contributed by atoms with E-state index in [0.717, 1.165) is 34.7 Å². The number of rotatable bonds is 5. The van der Waals surface area contributed by atoms with Crippen LogP contribution in [0.5, 0.6) is 11.5 Å². The third-order valence-electron chi connectivity index (χ3n) is 5.27. The minimum atomic E-state index is -4.42. The number of hydrazone groups is 1. The predicted molar refractivity (Wildman–Crippen MR) is 114 cm³/mol.